The van der Waals surface area contributed by atoms with E-state index < -0.39 is 0 Å². The Morgan fingerprint density at radius 1 is 1.44 bits per heavy atom. The molecule has 1 N–H and O–H groups in total. The van der Waals surface area contributed by atoms with Gasteiger partial charge in [-0.15, -0.1) is 6.58 Å². The fourth-order valence-corrected chi connectivity index (χ4v) is 2.14. The van der Waals surface area contributed by atoms with E-state index in [4.69, 9.17) is 9.47 Å². The Morgan fingerprint density at radius 2 is 2.17 bits per heavy atom. The van der Waals surface area contributed by atoms with E-state index in [0.29, 0.717) is 13.0 Å². The molecule has 0 bridgehead atoms. The second kappa shape index (κ2) is 5.65. The highest BCUT2D eigenvalue weighted by atomic mass is 16.7. The lowest BCUT2D eigenvalue weighted by Crippen LogP contribution is -2.46. The molecule has 0 aliphatic carbocycles. The van der Waals surface area contributed by atoms with Crippen molar-refractivity contribution in [1.82, 2.24) is 0 Å². The summed E-state index contributed by atoms with van der Waals surface area (Å²) in [6.07, 6.45) is 2.12. The largest absolute Gasteiger partial charge is 0.396 e. The van der Waals surface area contributed by atoms with Gasteiger partial charge in [0.05, 0.1) is 19.3 Å². The average molecular weight is 248 g/mol. The smallest absolute Gasteiger partial charge is 0.184 e. The van der Waals surface area contributed by atoms with Crippen LogP contribution < -0.4 is 0 Å². The Morgan fingerprint density at radius 3 is 2.78 bits per heavy atom. The highest BCUT2D eigenvalue weighted by Gasteiger charge is 2.41. The summed E-state index contributed by atoms with van der Waals surface area (Å²) in [5.41, 5.74) is 0.644. The lowest BCUT2D eigenvalue weighted by molar-refractivity contribution is -0.273. The molecule has 1 aliphatic heterocycles. The van der Waals surface area contributed by atoms with Crippen LogP contribution in [0.2, 0.25) is 0 Å². The summed E-state index contributed by atoms with van der Waals surface area (Å²) in [6.45, 7) is 6.26. The maximum Gasteiger partial charge on any atom is 0.184 e. The van der Waals surface area contributed by atoms with Crippen LogP contribution in [-0.4, -0.2) is 24.4 Å². The zero-order valence-electron chi connectivity index (χ0n) is 10.7. The summed E-state index contributed by atoms with van der Waals surface area (Å²) in [5, 5.41) is 9.51. The van der Waals surface area contributed by atoms with E-state index >= 15 is 0 Å². The van der Waals surface area contributed by atoms with Gasteiger partial charge in [-0.25, -0.2) is 0 Å². The standard InChI is InChI=1S/C15H20O3/c1-3-7-13-15(2,10-16)11-17-14(18-13)12-8-5-4-6-9-12/h3-6,8-9,13-14,16H,1,7,10-11H2,2H3/t13-,14+,15-/m1/s1. The van der Waals surface area contributed by atoms with Gasteiger partial charge < -0.3 is 14.6 Å². The second-order valence-corrected chi connectivity index (χ2v) is 5.01. The molecule has 0 aromatic heterocycles. The molecule has 0 radical (unpaired) electrons. The molecule has 0 saturated carbocycles. The van der Waals surface area contributed by atoms with Crippen LogP contribution in [0.1, 0.15) is 25.2 Å². The fourth-order valence-electron chi connectivity index (χ4n) is 2.14. The van der Waals surface area contributed by atoms with Gasteiger partial charge in [0.15, 0.2) is 6.29 Å². The molecule has 3 nitrogen and oxygen atoms in total. The first-order valence-corrected chi connectivity index (χ1v) is 6.23. The predicted octanol–water partition coefficient (Wildman–Crippen LogP) is 2.68. The van der Waals surface area contributed by atoms with Gasteiger partial charge in [-0.3, -0.25) is 0 Å². The molecular formula is C15H20O3. The summed E-state index contributed by atoms with van der Waals surface area (Å²) in [6, 6.07) is 9.86. The molecule has 0 unspecified atom stereocenters. The summed E-state index contributed by atoms with van der Waals surface area (Å²) >= 11 is 0. The summed E-state index contributed by atoms with van der Waals surface area (Å²) in [4.78, 5) is 0. The first kappa shape index (κ1) is 13.3. The zero-order valence-corrected chi connectivity index (χ0v) is 10.7. The number of rotatable bonds is 4. The van der Waals surface area contributed by atoms with Gasteiger partial charge in [0.25, 0.3) is 0 Å². The van der Waals surface area contributed by atoms with Crippen molar-refractivity contribution in [2.24, 2.45) is 5.41 Å². The molecule has 0 amide bonds. The quantitative estimate of drug-likeness (QED) is 0.833. The molecule has 98 valence electrons. The molecule has 2 rings (SSSR count). The Kier molecular flexibility index (Phi) is 4.17. The van der Waals surface area contributed by atoms with Gasteiger partial charge in [-0.2, -0.15) is 0 Å². The van der Waals surface area contributed by atoms with Gasteiger partial charge >= 0.3 is 0 Å². The Hall–Kier alpha value is -1.16. The predicted molar refractivity (Wildman–Crippen MR) is 70.0 cm³/mol. The molecule has 1 aliphatic rings. The SMILES string of the molecule is C=CC[C@H]1O[C@@H](c2ccccc2)OC[C@@]1(C)CO. The minimum absolute atomic E-state index is 0.0486. The fraction of sp³-hybridized carbons (Fsp3) is 0.467. The molecule has 3 heteroatoms. The zero-order chi connectivity index (χ0) is 13.0. The maximum absolute atomic E-state index is 9.51. The van der Waals surface area contributed by atoms with Crippen molar-refractivity contribution >= 4 is 0 Å². The molecule has 1 fully saturated rings. The van der Waals surface area contributed by atoms with E-state index in [1.54, 1.807) is 0 Å². The number of hydrogen-bond acceptors (Lipinski definition) is 3. The van der Waals surface area contributed by atoms with Gasteiger partial charge in [-0.1, -0.05) is 43.3 Å². The Bertz CT molecular complexity index is 390. The molecule has 1 aromatic carbocycles. The summed E-state index contributed by atoms with van der Waals surface area (Å²) < 4.78 is 11.7. The molecule has 0 spiro atoms. The van der Waals surface area contributed by atoms with Crippen LogP contribution >= 0.6 is 0 Å². The van der Waals surface area contributed by atoms with E-state index in [2.05, 4.69) is 6.58 Å². The molecule has 1 heterocycles. The van der Waals surface area contributed by atoms with Crippen LogP contribution in [0.4, 0.5) is 0 Å². The topological polar surface area (TPSA) is 38.7 Å². The third-order valence-electron chi connectivity index (χ3n) is 3.44. The van der Waals surface area contributed by atoms with Crippen molar-refractivity contribution < 1.29 is 14.6 Å². The van der Waals surface area contributed by atoms with Gasteiger partial charge in [0.2, 0.25) is 0 Å². The summed E-state index contributed by atoms with van der Waals surface area (Å²) in [5.74, 6) is 0. The van der Waals surface area contributed by atoms with Crippen LogP contribution in [0.15, 0.2) is 43.0 Å². The third kappa shape index (κ3) is 2.64. The number of aliphatic hydroxyl groups excluding tert-OH is 1. The van der Waals surface area contributed by atoms with E-state index in [0.717, 1.165) is 5.56 Å². The lowest BCUT2D eigenvalue weighted by atomic mass is 9.83. The van der Waals surface area contributed by atoms with E-state index in [9.17, 15) is 5.11 Å². The Labute approximate surface area is 108 Å². The number of hydrogen-bond donors (Lipinski definition) is 1. The maximum atomic E-state index is 9.51. The van der Waals surface area contributed by atoms with Crippen LogP contribution in [-0.2, 0) is 9.47 Å². The number of aliphatic hydroxyl groups is 1. The molecule has 3 atom stereocenters. The van der Waals surface area contributed by atoms with Crippen LogP contribution in [0.25, 0.3) is 0 Å². The molecule has 1 aromatic rings. The van der Waals surface area contributed by atoms with Crippen molar-refractivity contribution in [1.29, 1.82) is 0 Å². The minimum Gasteiger partial charge on any atom is -0.396 e. The van der Waals surface area contributed by atoms with Crippen LogP contribution in [0.5, 0.6) is 0 Å². The minimum atomic E-state index is -0.362. The first-order chi connectivity index (χ1) is 8.69. The van der Waals surface area contributed by atoms with Crippen molar-refractivity contribution in [3.8, 4) is 0 Å². The lowest BCUT2D eigenvalue weighted by Gasteiger charge is -2.43. The number of ether oxygens (including phenoxy) is 2. The van der Waals surface area contributed by atoms with E-state index in [1.165, 1.54) is 0 Å². The molecule has 1 saturated heterocycles. The van der Waals surface area contributed by atoms with Crippen molar-refractivity contribution in [2.45, 2.75) is 25.7 Å². The first-order valence-electron chi connectivity index (χ1n) is 6.23. The Balaban J connectivity index is 2.13. The van der Waals surface area contributed by atoms with Crippen molar-refractivity contribution in [3.63, 3.8) is 0 Å². The normalized spacial score (nSPS) is 32.1. The van der Waals surface area contributed by atoms with Crippen molar-refractivity contribution in [3.05, 3.63) is 48.6 Å². The van der Waals surface area contributed by atoms with Crippen LogP contribution in [0, 0.1) is 5.41 Å². The number of benzene rings is 1. The third-order valence-corrected chi connectivity index (χ3v) is 3.44. The van der Waals surface area contributed by atoms with Crippen molar-refractivity contribution in [2.75, 3.05) is 13.2 Å². The second-order valence-electron chi connectivity index (χ2n) is 5.01. The van der Waals surface area contributed by atoms with Gasteiger partial charge in [-0.05, 0) is 6.42 Å². The monoisotopic (exact) mass is 248 g/mol. The highest BCUT2D eigenvalue weighted by molar-refractivity contribution is 5.16. The van der Waals surface area contributed by atoms with Crippen LogP contribution in [0.3, 0.4) is 0 Å². The molecule has 18 heavy (non-hydrogen) atoms. The average Bonchev–Trinajstić information content (AvgIpc) is 2.42. The molecular weight excluding hydrogens is 228 g/mol. The van der Waals surface area contributed by atoms with E-state index in [-0.39, 0.29) is 24.4 Å². The highest BCUT2D eigenvalue weighted by Crippen LogP contribution is 2.37. The van der Waals surface area contributed by atoms with Gasteiger partial charge in [0.1, 0.15) is 0 Å². The van der Waals surface area contributed by atoms with Gasteiger partial charge in [0, 0.05) is 11.0 Å². The summed E-state index contributed by atoms with van der Waals surface area (Å²) in [7, 11) is 0. The van der Waals surface area contributed by atoms with E-state index in [1.807, 2.05) is 43.3 Å².